The zero-order chi connectivity index (χ0) is 10.4. The van der Waals surface area contributed by atoms with Gasteiger partial charge in [0.1, 0.15) is 6.04 Å². The molecule has 0 saturated carbocycles. The second kappa shape index (κ2) is 5.34. The van der Waals surface area contributed by atoms with Crippen LogP contribution in [-0.2, 0) is 11.2 Å². The minimum atomic E-state index is -0.931. The summed E-state index contributed by atoms with van der Waals surface area (Å²) in [7, 11) is 0. The third-order valence-electron chi connectivity index (χ3n) is 2.05. The number of pyridine rings is 1. The Morgan fingerprint density at radius 3 is 2.71 bits per heavy atom. The van der Waals surface area contributed by atoms with Crippen LogP contribution < -0.4 is 5.73 Å². The lowest BCUT2D eigenvalue weighted by molar-refractivity contribution is -0.138. The maximum atomic E-state index is 10.4. The molecule has 4 heteroatoms. The molecule has 0 saturated heterocycles. The second-order valence-corrected chi connectivity index (χ2v) is 3.19. The van der Waals surface area contributed by atoms with Gasteiger partial charge in [0.2, 0.25) is 0 Å². The largest absolute Gasteiger partial charge is 0.480 e. The predicted octanol–water partition coefficient (Wildman–Crippen LogP) is 0.816. The lowest BCUT2D eigenvalue weighted by atomic mass is 10.1. The zero-order valence-corrected chi connectivity index (χ0v) is 7.89. The van der Waals surface area contributed by atoms with Crippen molar-refractivity contribution in [3.63, 3.8) is 0 Å². The number of carboxylic acid groups (broad SMARTS) is 1. The van der Waals surface area contributed by atoms with E-state index < -0.39 is 12.0 Å². The van der Waals surface area contributed by atoms with E-state index in [2.05, 4.69) is 4.98 Å². The summed E-state index contributed by atoms with van der Waals surface area (Å²) in [6.45, 7) is 0. The topological polar surface area (TPSA) is 76.2 Å². The fraction of sp³-hybridized carbons (Fsp3) is 0.400. The van der Waals surface area contributed by atoms with Gasteiger partial charge in [-0.05, 0) is 37.0 Å². The molecular formula is C10H14N2O2. The van der Waals surface area contributed by atoms with Crippen molar-refractivity contribution in [2.75, 3.05) is 0 Å². The molecule has 0 aromatic carbocycles. The monoisotopic (exact) mass is 194 g/mol. The quantitative estimate of drug-likeness (QED) is 0.727. The predicted molar refractivity (Wildman–Crippen MR) is 52.8 cm³/mol. The van der Waals surface area contributed by atoms with Crippen LogP contribution in [0.5, 0.6) is 0 Å². The molecule has 0 spiro atoms. The number of rotatable bonds is 5. The average molecular weight is 194 g/mol. The molecule has 0 radical (unpaired) electrons. The summed E-state index contributed by atoms with van der Waals surface area (Å²) in [5.74, 6) is -0.931. The van der Waals surface area contributed by atoms with E-state index >= 15 is 0 Å². The Bertz CT molecular complexity index is 287. The summed E-state index contributed by atoms with van der Waals surface area (Å²) in [5, 5.41) is 8.54. The summed E-state index contributed by atoms with van der Waals surface area (Å²) in [6, 6.07) is 3.11. The minimum absolute atomic E-state index is 0.512. The number of hydrogen-bond donors (Lipinski definition) is 2. The Hall–Kier alpha value is -1.42. The maximum absolute atomic E-state index is 10.4. The van der Waals surface area contributed by atoms with Gasteiger partial charge in [-0.15, -0.1) is 0 Å². The second-order valence-electron chi connectivity index (χ2n) is 3.19. The highest BCUT2D eigenvalue weighted by molar-refractivity contribution is 5.72. The molecule has 1 aromatic rings. The highest BCUT2D eigenvalue weighted by atomic mass is 16.4. The van der Waals surface area contributed by atoms with Gasteiger partial charge in [0.25, 0.3) is 0 Å². The molecular weight excluding hydrogens is 180 g/mol. The van der Waals surface area contributed by atoms with E-state index in [9.17, 15) is 4.79 Å². The van der Waals surface area contributed by atoms with Gasteiger partial charge in [0, 0.05) is 12.4 Å². The number of nitrogens with two attached hydrogens (primary N) is 1. The third kappa shape index (κ3) is 3.53. The molecule has 3 N–H and O–H groups in total. The molecule has 0 aliphatic rings. The van der Waals surface area contributed by atoms with Crippen LogP contribution in [0.1, 0.15) is 18.4 Å². The molecule has 1 rings (SSSR count). The van der Waals surface area contributed by atoms with E-state index in [0.717, 1.165) is 18.4 Å². The van der Waals surface area contributed by atoms with Crippen molar-refractivity contribution in [2.24, 2.45) is 5.73 Å². The Labute approximate surface area is 82.8 Å². The van der Waals surface area contributed by atoms with Crippen LogP contribution in [-0.4, -0.2) is 22.1 Å². The fourth-order valence-electron chi connectivity index (χ4n) is 1.20. The first-order valence-corrected chi connectivity index (χ1v) is 4.57. The Morgan fingerprint density at radius 1 is 1.50 bits per heavy atom. The Kier molecular flexibility index (Phi) is 4.07. The van der Waals surface area contributed by atoms with Crippen molar-refractivity contribution in [2.45, 2.75) is 25.3 Å². The normalized spacial score (nSPS) is 12.4. The van der Waals surface area contributed by atoms with Crippen LogP contribution in [0.3, 0.4) is 0 Å². The highest BCUT2D eigenvalue weighted by Crippen LogP contribution is 2.04. The van der Waals surface area contributed by atoms with Crippen LogP contribution in [0.25, 0.3) is 0 Å². The first kappa shape index (κ1) is 10.7. The SMILES string of the molecule is NC(CCCc1ccncc1)C(=O)O. The van der Waals surface area contributed by atoms with Crippen LogP contribution in [0, 0.1) is 0 Å². The Balaban J connectivity index is 2.26. The third-order valence-corrected chi connectivity index (χ3v) is 2.05. The first-order valence-electron chi connectivity index (χ1n) is 4.57. The number of nitrogens with zero attached hydrogens (tertiary/aromatic N) is 1. The van der Waals surface area contributed by atoms with Crippen LogP contribution in [0.4, 0.5) is 0 Å². The molecule has 4 nitrogen and oxygen atoms in total. The Morgan fingerprint density at radius 2 is 2.14 bits per heavy atom. The van der Waals surface area contributed by atoms with Gasteiger partial charge in [-0.3, -0.25) is 9.78 Å². The van der Waals surface area contributed by atoms with Gasteiger partial charge < -0.3 is 10.8 Å². The summed E-state index contributed by atoms with van der Waals surface area (Å²) in [6.07, 6.45) is 5.61. The van der Waals surface area contributed by atoms with Crippen molar-refractivity contribution in [3.8, 4) is 0 Å². The van der Waals surface area contributed by atoms with Gasteiger partial charge in [-0.1, -0.05) is 0 Å². The van der Waals surface area contributed by atoms with E-state index in [1.54, 1.807) is 12.4 Å². The van der Waals surface area contributed by atoms with Gasteiger partial charge in [-0.2, -0.15) is 0 Å². The van der Waals surface area contributed by atoms with E-state index in [0.29, 0.717) is 6.42 Å². The van der Waals surface area contributed by atoms with E-state index in [4.69, 9.17) is 10.8 Å². The molecule has 0 aliphatic heterocycles. The number of carbonyl (C=O) groups is 1. The molecule has 1 unspecified atom stereocenters. The molecule has 1 heterocycles. The van der Waals surface area contributed by atoms with Crippen molar-refractivity contribution in [1.29, 1.82) is 0 Å². The lowest BCUT2D eigenvalue weighted by Crippen LogP contribution is -2.29. The number of carboxylic acids is 1. The molecule has 1 atom stereocenters. The van der Waals surface area contributed by atoms with Gasteiger partial charge in [0.15, 0.2) is 0 Å². The average Bonchev–Trinajstić information content (AvgIpc) is 2.19. The molecule has 1 aromatic heterocycles. The fourth-order valence-corrected chi connectivity index (χ4v) is 1.20. The van der Waals surface area contributed by atoms with Gasteiger partial charge >= 0.3 is 5.97 Å². The molecule has 0 aliphatic carbocycles. The van der Waals surface area contributed by atoms with Crippen molar-refractivity contribution < 1.29 is 9.90 Å². The summed E-state index contributed by atoms with van der Waals surface area (Å²) in [5.41, 5.74) is 6.53. The summed E-state index contributed by atoms with van der Waals surface area (Å²) < 4.78 is 0. The van der Waals surface area contributed by atoms with Crippen molar-refractivity contribution >= 4 is 5.97 Å². The van der Waals surface area contributed by atoms with Crippen LogP contribution in [0.2, 0.25) is 0 Å². The van der Waals surface area contributed by atoms with Crippen molar-refractivity contribution in [3.05, 3.63) is 30.1 Å². The number of hydrogen-bond acceptors (Lipinski definition) is 3. The van der Waals surface area contributed by atoms with Crippen LogP contribution >= 0.6 is 0 Å². The molecule has 0 fully saturated rings. The number of aryl methyl sites for hydroxylation is 1. The van der Waals surface area contributed by atoms with E-state index in [1.807, 2.05) is 12.1 Å². The lowest BCUT2D eigenvalue weighted by Gasteiger charge is -2.05. The summed E-state index contributed by atoms with van der Waals surface area (Å²) >= 11 is 0. The van der Waals surface area contributed by atoms with Crippen LogP contribution in [0.15, 0.2) is 24.5 Å². The first-order chi connectivity index (χ1) is 6.70. The van der Waals surface area contributed by atoms with Gasteiger partial charge in [0.05, 0.1) is 0 Å². The number of aliphatic carboxylic acids is 1. The zero-order valence-electron chi connectivity index (χ0n) is 7.89. The molecule has 0 amide bonds. The number of aromatic nitrogens is 1. The molecule has 14 heavy (non-hydrogen) atoms. The highest BCUT2D eigenvalue weighted by Gasteiger charge is 2.09. The summed E-state index contributed by atoms with van der Waals surface area (Å²) in [4.78, 5) is 14.3. The van der Waals surface area contributed by atoms with Crippen molar-refractivity contribution in [1.82, 2.24) is 4.98 Å². The minimum Gasteiger partial charge on any atom is -0.480 e. The molecule has 0 bridgehead atoms. The standard InChI is InChI=1S/C10H14N2O2/c11-9(10(13)14)3-1-2-8-4-6-12-7-5-8/h4-7,9H,1-3,11H2,(H,13,14). The smallest absolute Gasteiger partial charge is 0.320 e. The van der Waals surface area contributed by atoms with E-state index in [1.165, 1.54) is 0 Å². The van der Waals surface area contributed by atoms with E-state index in [-0.39, 0.29) is 0 Å². The van der Waals surface area contributed by atoms with Gasteiger partial charge in [-0.25, -0.2) is 0 Å². The maximum Gasteiger partial charge on any atom is 0.320 e. The molecule has 76 valence electrons.